The van der Waals surface area contributed by atoms with Gasteiger partial charge in [0.25, 0.3) is 0 Å². The van der Waals surface area contributed by atoms with Crippen LogP contribution in [0, 0.1) is 34.5 Å². The molecule has 1 aliphatic heterocycles. The molecule has 3 rings (SSSR count). The molecule has 24 heavy (non-hydrogen) atoms. The van der Waals surface area contributed by atoms with Crippen LogP contribution in [0.3, 0.4) is 0 Å². The van der Waals surface area contributed by atoms with Crippen LogP contribution in [0.25, 0.3) is 0 Å². The van der Waals surface area contributed by atoms with Crippen molar-refractivity contribution >= 4 is 0 Å². The Hall–Kier alpha value is -0.160. The van der Waals surface area contributed by atoms with Crippen LogP contribution in [0.4, 0.5) is 0 Å². The van der Waals surface area contributed by atoms with Crippen molar-refractivity contribution in [3.05, 3.63) is 0 Å². The Balaban J connectivity index is 1.74. The molecule has 3 fully saturated rings. The van der Waals surface area contributed by atoms with Crippen LogP contribution in [0.15, 0.2) is 0 Å². The third kappa shape index (κ3) is 2.84. The zero-order valence-corrected chi connectivity index (χ0v) is 16.8. The van der Waals surface area contributed by atoms with Crippen molar-refractivity contribution in [2.24, 2.45) is 34.5 Å². The maximum atomic E-state index is 6.02. The van der Waals surface area contributed by atoms with Crippen molar-refractivity contribution in [1.82, 2.24) is 0 Å². The van der Waals surface area contributed by atoms with Gasteiger partial charge in [-0.15, -0.1) is 0 Å². The second kappa shape index (κ2) is 5.67. The lowest BCUT2D eigenvalue weighted by atomic mass is 9.63. The maximum absolute atomic E-state index is 6.02. The highest BCUT2D eigenvalue weighted by Crippen LogP contribution is 2.56. The molecule has 0 aromatic rings. The lowest BCUT2D eigenvalue weighted by Crippen LogP contribution is -2.61. The molecule has 1 heterocycles. The Labute approximate surface area is 147 Å². The molecule has 0 aromatic carbocycles. The smallest absolute Gasteiger partial charge is 0.195 e. The van der Waals surface area contributed by atoms with Crippen molar-refractivity contribution in [1.29, 1.82) is 0 Å². The first-order valence-electron chi connectivity index (χ1n) is 9.66. The first-order valence-corrected chi connectivity index (χ1v) is 9.66. The second-order valence-corrected chi connectivity index (χ2v) is 10.4. The average Bonchev–Trinajstić information content (AvgIpc) is 2.45. The van der Waals surface area contributed by atoms with E-state index in [0.29, 0.717) is 11.8 Å². The molecule has 0 aromatic heterocycles. The molecule has 0 N–H and O–H groups in total. The summed E-state index contributed by atoms with van der Waals surface area (Å²) in [6.45, 7) is 18.2. The minimum atomic E-state index is -0.768. The van der Waals surface area contributed by atoms with Gasteiger partial charge in [-0.3, -0.25) is 0 Å². The van der Waals surface area contributed by atoms with Crippen LogP contribution in [0.1, 0.15) is 81.1 Å². The van der Waals surface area contributed by atoms with Crippen molar-refractivity contribution in [3.63, 3.8) is 0 Å². The first-order chi connectivity index (χ1) is 10.9. The molecule has 2 saturated carbocycles. The van der Waals surface area contributed by atoms with Crippen LogP contribution in [0.5, 0.6) is 0 Å². The Morgan fingerprint density at radius 3 is 1.08 bits per heavy atom. The molecule has 0 bridgehead atoms. The van der Waals surface area contributed by atoms with Gasteiger partial charge in [0.1, 0.15) is 0 Å². The molecular formula is C20H36O4. The summed E-state index contributed by atoms with van der Waals surface area (Å²) in [5.41, 5.74) is 0.562. The molecule has 1 saturated heterocycles. The summed E-state index contributed by atoms with van der Waals surface area (Å²) < 4.78 is 0. The van der Waals surface area contributed by atoms with Gasteiger partial charge in [0.05, 0.1) is 0 Å². The fraction of sp³-hybridized carbons (Fsp3) is 1.00. The topological polar surface area (TPSA) is 36.9 Å². The summed E-state index contributed by atoms with van der Waals surface area (Å²) in [4.78, 5) is 24.1. The third-order valence-corrected chi connectivity index (χ3v) is 7.66. The summed E-state index contributed by atoms with van der Waals surface area (Å²) in [6.07, 6.45) is 3.67. The third-order valence-electron chi connectivity index (χ3n) is 7.66. The molecule has 0 amide bonds. The second-order valence-electron chi connectivity index (χ2n) is 10.4. The molecule has 140 valence electrons. The zero-order chi connectivity index (χ0) is 18.0. The lowest BCUT2D eigenvalue weighted by molar-refractivity contribution is -0.678. The highest BCUT2D eigenvalue weighted by atomic mass is 17.4. The van der Waals surface area contributed by atoms with Gasteiger partial charge in [-0.05, 0) is 35.5 Å². The van der Waals surface area contributed by atoms with Crippen LogP contribution in [0.2, 0.25) is 0 Å². The van der Waals surface area contributed by atoms with E-state index in [-0.39, 0.29) is 22.7 Å². The Morgan fingerprint density at radius 2 is 0.792 bits per heavy atom. The predicted molar refractivity (Wildman–Crippen MR) is 92.5 cm³/mol. The van der Waals surface area contributed by atoms with Gasteiger partial charge in [0.2, 0.25) is 11.6 Å². The number of hydrogen-bond donors (Lipinski definition) is 0. The number of hydrogen-bond acceptors (Lipinski definition) is 4. The largest absolute Gasteiger partial charge is 0.237 e. The maximum Gasteiger partial charge on any atom is 0.237 e. The van der Waals surface area contributed by atoms with Crippen molar-refractivity contribution < 1.29 is 19.6 Å². The predicted octanol–water partition coefficient (Wildman–Crippen LogP) is 5.47. The first kappa shape index (κ1) is 18.6. The minimum Gasteiger partial charge on any atom is -0.195 e. The molecule has 0 radical (unpaired) electrons. The summed E-state index contributed by atoms with van der Waals surface area (Å²) in [6, 6.07) is 0. The Morgan fingerprint density at radius 1 is 0.500 bits per heavy atom. The summed E-state index contributed by atoms with van der Waals surface area (Å²) in [5.74, 6) is -0.109. The SMILES string of the molecule is CC1CC2(OOC3(CC(C)C(C)(C)CC3C)OO2)C(C)CC1(C)C. The van der Waals surface area contributed by atoms with Crippen LogP contribution < -0.4 is 0 Å². The van der Waals surface area contributed by atoms with E-state index in [1.165, 1.54) is 0 Å². The van der Waals surface area contributed by atoms with Crippen molar-refractivity contribution in [2.45, 2.75) is 92.6 Å². The van der Waals surface area contributed by atoms with Crippen molar-refractivity contribution in [2.75, 3.05) is 0 Å². The highest BCUT2D eigenvalue weighted by Gasteiger charge is 2.60. The van der Waals surface area contributed by atoms with Gasteiger partial charge in [-0.25, -0.2) is 0 Å². The molecular weight excluding hydrogens is 304 g/mol. The minimum absolute atomic E-state index is 0.230. The molecule has 4 nitrogen and oxygen atoms in total. The average molecular weight is 341 g/mol. The zero-order valence-electron chi connectivity index (χ0n) is 16.8. The van der Waals surface area contributed by atoms with E-state index in [4.69, 9.17) is 19.6 Å². The quantitative estimate of drug-likeness (QED) is 0.548. The van der Waals surface area contributed by atoms with Gasteiger partial charge in [0, 0.05) is 24.7 Å². The highest BCUT2D eigenvalue weighted by molar-refractivity contribution is 4.96. The molecule has 2 aliphatic carbocycles. The van der Waals surface area contributed by atoms with E-state index in [1.54, 1.807) is 0 Å². The Kier molecular flexibility index (Phi) is 4.40. The van der Waals surface area contributed by atoms with Crippen molar-refractivity contribution in [3.8, 4) is 0 Å². The monoisotopic (exact) mass is 340 g/mol. The standard InChI is InChI=1S/C20H36O4/c1-13-11-19(15(3)9-17(13,5)6)21-23-20(24-22-19)12-14(2)18(7,8)10-16(20)4/h13-16H,9-12H2,1-8H3. The van der Waals surface area contributed by atoms with E-state index < -0.39 is 11.6 Å². The number of rotatable bonds is 0. The van der Waals surface area contributed by atoms with Crippen LogP contribution in [-0.2, 0) is 19.6 Å². The molecule has 3 aliphatic rings. The summed E-state index contributed by atoms with van der Waals surface area (Å²) in [5, 5.41) is 0. The summed E-state index contributed by atoms with van der Waals surface area (Å²) >= 11 is 0. The molecule has 2 spiro atoms. The fourth-order valence-corrected chi connectivity index (χ4v) is 4.87. The normalized spacial score (nSPS) is 51.0. The van der Waals surface area contributed by atoms with Gasteiger partial charge in [-0.2, -0.15) is 19.6 Å². The lowest BCUT2D eigenvalue weighted by Gasteiger charge is -2.56. The van der Waals surface area contributed by atoms with Gasteiger partial charge in [-0.1, -0.05) is 55.4 Å². The fourth-order valence-electron chi connectivity index (χ4n) is 4.87. The van der Waals surface area contributed by atoms with E-state index in [1.807, 2.05) is 0 Å². The van der Waals surface area contributed by atoms with Gasteiger partial charge < -0.3 is 0 Å². The molecule has 4 heteroatoms. The van der Waals surface area contributed by atoms with Crippen LogP contribution >= 0.6 is 0 Å². The molecule has 4 atom stereocenters. The van der Waals surface area contributed by atoms with E-state index in [9.17, 15) is 0 Å². The summed E-state index contributed by atoms with van der Waals surface area (Å²) in [7, 11) is 0. The van der Waals surface area contributed by atoms with E-state index in [0.717, 1.165) is 25.7 Å². The van der Waals surface area contributed by atoms with Gasteiger partial charge >= 0.3 is 0 Å². The van der Waals surface area contributed by atoms with E-state index in [2.05, 4.69) is 55.4 Å². The molecule has 4 unspecified atom stereocenters. The van der Waals surface area contributed by atoms with Gasteiger partial charge in [0.15, 0.2) is 0 Å². The van der Waals surface area contributed by atoms with Crippen LogP contribution in [-0.4, -0.2) is 11.6 Å². The Bertz CT molecular complexity index is 432. The van der Waals surface area contributed by atoms with E-state index >= 15 is 0 Å².